The summed E-state index contributed by atoms with van der Waals surface area (Å²) in [7, 11) is 0. The van der Waals surface area contributed by atoms with Gasteiger partial charge in [-0.15, -0.1) is 11.8 Å². The fourth-order valence-corrected chi connectivity index (χ4v) is 2.66. The number of hydrogen-bond acceptors (Lipinski definition) is 3. The van der Waals surface area contributed by atoms with E-state index in [-0.39, 0.29) is 11.7 Å². The van der Waals surface area contributed by atoms with Gasteiger partial charge in [-0.1, -0.05) is 18.2 Å². The Kier molecular flexibility index (Phi) is 3.62. The van der Waals surface area contributed by atoms with Crippen molar-refractivity contribution >= 4 is 34.7 Å². The lowest BCUT2D eigenvalue weighted by Crippen LogP contribution is -2.06. The van der Waals surface area contributed by atoms with Gasteiger partial charge >= 0.3 is 0 Å². The summed E-state index contributed by atoms with van der Waals surface area (Å²) in [5.74, 6) is -0.394. The molecule has 0 aromatic heterocycles. The minimum Gasteiger partial charge on any atom is -0.321 e. The van der Waals surface area contributed by atoms with Gasteiger partial charge in [0.1, 0.15) is 0 Å². The van der Waals surface area contributed by atoms with Crippen LogP contribution >= 0.6 is 11.8 Å². The monoisotopic (exact) mass is 295 g/mol. The lowest BCUT2D eigenvalue weighted by Gasteiger charge is -2.00. The normalized spacial score (nSPS) is 14.9. The molecule has 2 aromatic rings. The van der Waals surface area contributed by atoms with Crippen LogP contribution in [0.25, 0.3) is 5.57 Å². The molecule has 0 saturated heterocycles. The number of fused-ring (bicyclic) bond motifs is 1. The minimum atomic E-state index is -0.231. The lowest BCUT2D eigenvalue weighted by atomic mass is 10.0. The molecule has 0 radical (unpaired) electrons. The molecule has 1 aliphatic rings. The first-order valence-electron chi connectivity index (χ1n) is 6.50. The Morgan fingerprint density at radius 2 is 1.81 bits per heavy atom. The molecule has 1 N–H and O–H groups in total. The fraction of sp³-hybridized carbons (Fsp3) is 0.0588. The molecule has 0 saturated carbocycles. The molecule has 2 aromatic carbocycles. The maximum atomic E-state index is 12.3. The van der Waals surface area contributed by atoms with E-state index in [0.717, 1.165) is 16.1 Å². The Bertz CT molecular complexity index is 748. The van der Waals surface area contributed by atoms with Crippen molar-refractivity contribution in [3.63, 3.8) is 0 Å². The molecular weight excluding hydrogens is 282 g/mol. The van der Waals surface area contributed by atoms with Gasteiger partial charge in [0.25, 0.3) is 5.91 Å². The summed E-state index contributed by atoms with van der Waals surface area (Å²) < 4.78 is 0. The summed E-state index contributed by atoms with van der Waals surface area (Å²) in [5.41, 5.74) is 2.53. The van der Waals surface area contributed by atoms with Gasteiger partial charge in [0.15, 0.2) is 5.78 Å². The van der Waals surface area contributed by atoms with Crippen molar-refractivity contribution < 1.29 is 9.59 Å². The Morgan fingerprint density at radius 3 is 2.52 bits per heavy atom. The summed E-state index contributed by atoms with van der Waals surface area (Å²) in [6, 6.07) is 14.7. The van der Waals surface area contributed by atoms with Crippen molar-refractivity contribution in [2.24, 2.45) is 0 Å². The molecule has 3 nitrogen and oxygen atoms in total. The third-order valence-electron chi connectivity index (χ3n) is 3.36. The summed E-state index contributed by atoms with van der Waals surface area (Å²) in [5, 5.41) is 2.76. The maximum Gasteiger partial charge on any atom is 0.256 e. The molecular formula is C17H13NO2S. The molecule has 1 amide bonds. The third kappa shape index (κ3) is 2.62. The number of hydrogen-bond donors (Lipinski definition) is 1. The van der Waals surface area contributed by atoms with Crippen LogP contribution in [-0.2, 0) is 4.79 Å². The van der Waals surface area contributed by atoms with Gasteiger partial charge in [0, 0.05) is 21.7 Å². The Labute approximate surface area is 127 Å². The van der Waals surface area contributed by atoms with E-state index in [1.54, 1.807) is 23.9 Å². The van der Waals surface area contributed by atoms with Crippen LogP contribution in [0.4, 0.5) is 5.69 Å². The quantitative estimate of drug-likeness (QED) is 0.534. The van der Waals surface area contributed by atoms with Crippen molar-refractivity contribution in [1.82, 2.24) is 0 Å². The average Bonchev–Trinajstić information content (AvgIpc) is 2.83. The first-order chi connectivity index (χ1) is 10.2. The summed E-state index contributed by atoms with van der Waals surface area (Å²) in [4.78, 5) is 25.4. The fourth-order valence-electron chi connectivity index (χ4n) is 2.25. The molecule has 0 aliphatic carbocycles. The molecule has 0 bridgehead atoms. The second kappa shape index (κ2) is 5.58. The smallest absolute Gasteiger partial charge is 0.256 e. The zero-order valence-electron chi connectivity index (χ0n) is 11.4. The number of carbonyl (C=O) groups is 2. The van der Waals surface area contributed by atoms with E-state index in [4.69, 9.17) is 0 Å². The standard InChI is InChI=1S/C17H13NO2S/c1-21-12-8-6-11(7-9-12)16(19)10-14-13-4-2-3-5-15(13)18-17(14)20/h2-10H,1H3,(H,18,20). The van der Waals surface area contributed by atoms with Crippen molar-refractivity contribution in [2.45, 2.75) is 4.90 Å². The van der Waals surface area contributed by atoms with Gasteiger partial charge in [0.2, 0.25) is 0 Å². The van der Waals surface area contributed by atoms with Crippen molar-refractivity contribution in [1.29, 1.82) is 0 Å². The molecule has 1 aliphatic heterocycles. The van der Waals surface area contributed by atoms with Crippen LogP contribution in [0.5, 0.6) is 0 Å². The molecule has 0 spiro atoms. The average molecular weight is 295 g/mol. The third-order valence-corrected chi connectivity index (χ3v) is 4.10. The second-order valence-electron chi connectivity index (χ2n) is 4.65. The van der Waals surface area contributed by atoms with Gasteiger partial charge in [-0.3, -0.25) is 9.59 Å². The Morgan fingerprint density at radius 1 is 1.10 bits per heavy atom. The van der Waals surface area contributed by atoms with E-state index in [1.165, 1.54) is 6.08 Å². The zero-order valence-corrected chi connectivity index (χ0v) is 12.2. The van der Waals surface area contributed by atoms with Crippen LogP contribution in [-0.4, -0.2) is 17.9 Å². The summed E-state index contributed by atoms with van der Waals surface area (Å²) in [6.07, 6.45) is 3.40. The van der Waals surface area contributed by atoms with Crippen LogP contribution in [0.2, 0.25) is 0 Å². The molecule has 104 valence electrons. The maximum absolute atomic E-state index is 12.3. The Hall–Kier alpha value is -2.33. The SMILES string of the molecule is CSc1ccc(C(=O)C=C2C(=O)Nc3ccccc32)cc1. The van der Waals surface area contributed by atoms with Crippen molar-refractivity contribution in [3.05, 3.63) is 65.7 Å². The lowest BCUT2D eigenvalue weighted by molar-refractivity contribution is -0.110. The number of ketones is 1. The number of carbonyl (C=O) groups excluding carboxylic acids is 2. The highest BCUT2D eigenvalue weighted by atomic mass is 32.2. The number of amides is 1. The number of nitrogens with one attached hydrogen (secondary N) is 1. The topological polar surface area (TPSA) is 46.2 Å². The van der Waals surface area contributed by atoms with Crippen LogP contribution < -0.4 is 5.32 Å². The highest BCUT2D eigenvalue weighted by Crippen LogP contribution is 2.31. The molecule has 0 atom stereocenters. The van der Waals surface area contributed by atoms with Crippen LogP contribution in [0, 0.1) is 0 Å². The van der Waals surface area contributed by atoms with E-state index in [9.17, 15) is 9.59 Å². The van der Waals surface area contributed by atoms with Gasteiger partial charge < -0.3 is 5.32 Å². The number of anilines is 1. The van der Waals surface area contributed by atoms with Gasteiger partial charge in [-0.2, -0.15) is 0 Å². The van der Waals surface area contributed by atoms with E-state index in [2.05, 4.69) is 5.32 Å². The molecule has 0 unspecified atom stereocenters. The summed E-state index contributed by atoms with van der Waals surface area (Å²) >= 11 is 1.62. The van der Waals surface area contributed by atoms with E-state index >= 15 is 0 Å². The predicted octanol–water partition coefficient (Wildman–Crippen LogP) is 3.63. The molecule has 1 heterocycles. The Balaban J connectivity index is 1.94. The van der Waals surface area contributed by atoms with Crippen molar-refractivity contribution in [2.75, 3.05) is 11.6 Å². The predicted molar refractivity (Wildman–Crippen MR) is 85.6 cm³/mol. The first kappa shape index (κ1) is 13.6. The molecule has 3 rings (SSSR count). The van der Waals surface area contributed by atoms with Crippen LogP contribution in [0.3, 0.4) is 0 Å². The van der Waals surface area contributed by atoms with Gasteiger partial charge in [0.05, 0.1) is 5.57 Å². The number of allylic oxidation sites excluding steroid dienone is 1. The largest absolute Gasteiger partial charge is 0.321 e. The van der Waals surface area contributed by atoms with Crippen LogP contribution in [0.1, 0.15) is 15.9 Å². The molecule has 21 heavy (non-hydrogen) atoms. The second-order valence-corrected chi connectivity index (χ2v) is 5.53. The summed E-state index contributed by atoms with van der Waals surface area (Å²) in [6.45, 7) is 0. The molecule has 4 heteroatoms. The van der Waals surface area contributed by atoms with E-state index < -0.39 is 0 Å². The number of thioether (sulfide) groups is 1. The van der Waals surface area contributed by atoms with Crippen LogP contribution in [0.15, 0.2) is 59.5 Å². The number of rotatable bonds is 3. The number of benzene rings is 2. The minimum absolute atomic E-state index is 0.162. The van der Waals surface area contributed by atoms with E-state index in [1.807, 2.05) is 42.7 Å². The van der Waals surface area contributed by atoms with Gasteiger partial charge in [-0.05, 0) is 42.7 Å². The number of para-hydroxylation sites is 1. The zero-order chi connectivity index (χ0) is 14.8. The van der Waals surface area contributed by atoms with Crippen molar-refractivity contribution in [3.8, 4) is 0 Å². The molecule has 0 fully saturated rings. The highest BCUT2D eigenvalue weighted by molar-refractivity contribution is 7.98. The van der Waals surface area contributed by atoms with Gasteiger partial charge in [-0.25, -0.2) is 0 Å². The highest BCUT2D eigenvalue weighted by Gasteiger charge is 2.24. The van der Waals surface area contributed by atoms with E-state index in [0.29, 0.717) is 11.1 Å². The first-order valence-corrected chi connectivity index (χ1v) is 7.72.